The molecule has 0 aromatic carbocycles. The molecule has 0 aliphatic rings. The molecule has 1 amide bonds. The molecular formula is C13H24N4O. The van der Waals surface area contributed by atoms with Gasteiger partial charge in [0.25, 0.3) is 5.91 Å². The lowest BCUT2D eigenvalue weighted by atomic mass is 10.2. The van der Waals surface area contributed by atoms with E-state index in [2.05, 4.69) is 10.4 Å². The minimum atomic E-state index is -0.0626. The summed E-state index contributed by atoms with van der Waals surface area (Å²) in [5.74, 6) is -0.0626. The van der Waals surface area contributed by atoms with Gasteiger partial charge in [-0.05, 0) is 32.3 Å². The highest BCUT2D eigenvalue weighted by molar-refractivity contribution is 5.92. The average Bonchev–Trinajstić information content (AvgIpc) is 2.81. The molecular weight excluding hydrogens is 228 g/mol. The predicted molar refractivity (Wildman–Crippen MR) is 72.5 cm³/mol. The summed E-state index contributed by atoms with van der Waals surface area (Å²) in [6.45, 7) is 7.38. The zero-order valence-electron chi connectivity index (χ0n) is 11.6. The molecule has 18 heavy (non-hydrogen) atoms. The highest BCUT2D eigenvalue weighted by atomic mass is 16.2. The van der Waals surface area contributed by atoms with Crippen LogP contribution in [0.4, 0.5) is 0 Å². The third-order valence-corrected chi connectivity index (χ3v) is 3.05. The fourth-order valence-electron chi connectivity index (χ4n) is 1.73. The molecule has 0 bridgehead atoms. The van der Waals surface area contributed by atoms with Gasteiger partial charge >= 0.3 is 0 Å². The molecule has 0 aliphatic heterocycles. The van der Waals surface area contributed by atoms with Crippen molar-refractivity contribution in [1.82, 2.24) is 15.1 Å². The fraction of sp³-hybridized carbons (Fsp3) is 0.692. The van der Waals surface area contributed by atoms with Crippen molar-refractivity contribution in [1.29, 1.82) is 0 Å². The van der Waals surface area contributed by atoms with E-state index in [0.717, 1.165) is 25.0 Å². The lowest BCUT2D eigenvalue weighted by molar-refractivity contribution is 0.0942. The quantitative estimate of drug-likeness (QED) is 0.768. The predicted octanol–water partition coefficient (Wildman–Crippen LogP) is 1.32. The van der Waals surface area contributed by atoms with Crippen molar-refractivity contribution < 1.29 is 4.79 Å². The van der Waals surface area contributed by atoms with Crippen molar-refractivity contribution >= 4 is 5.91 Å². The van der Waals surface area contributed by atoms with E-state index in [-0.39, 0.29) is 11.9 Å². The largest absolute Gasteiger partial charge is 0.351 e. The van der Waals surface area contributed by atoms with Crippen LogP contribution in [0.5, 0.6) is 0 Å². The van der Waals surface area contributed by atoms with Gasteiger partial charge in [0.15, 0.2) is 0 Å². The van der Waals surface area contributed by atoms with Gasteiger partial charge in [-0.1, -0.05) is 13.8 Å². The number of carbonyl (C=O) groups is 1. The van der Waals surface area contributed by atoms with Gasteiger partial charge in [0.2, 0.25) is 0 Å². The van der Waals surface area contributed by atoms with Gasteiger partial charge in [0, 0.05) is 19.1 Å². The second-order valence-corrected chi connectivity index (χ2v) is 4.40. The average molecular weight is 252 g/mol. The van der Waals surface area contributed by atoms with Crippen LogP contribution in [0.15, 0.2) is 6.07 Å². The lowest BCUT2D eigenvalue weighted by Crippen LogP contribution is -2.31. The third-order valence-electron chi connectivity index (χ3n) is 3.05. The molecule has 5 heteroatoms. The van der Waals surface area contributed by atoms with Crippen LogP contribution in [0, 0.1) is 0 Å². The molecule has 0 fully saturated rings. The Balaban J connectivity index is 2.57. The number of hydrogen-bond acceptors (Lipinski definition) is 3. The van der Waals surface area contributed by atoms with Gasteiger partial charge in [0.05, 0.1) is 5.69 Å². The van der Waals surface area contributed by atoms with Crippen molar-refractivity contribution in [3.05, 3.63) is 17.5 Å². The first-order chi connectivity index (χ1) is 8.62. The van der Waals surface area contributed by atoms with Crippen LogP contribution in [0.1, 0.15) is 49.8 Å². The number of rotatable bonds is 7. The summed E-state index contributed by atoms with van der Waals surface area (Å²) < 4.78 is 1.74. The summed E-state index contributed by atoms with van der Waals surface area (Å²) in [5.41, 5.74) is 7.40. The van der Waals surface area contributed by atoms with Crippen LogP contribution in [-0.4, -0.2) is 28.3 Å². The molecule has 1 heterocycles. The van der Waals surface area contributed by atoms with E-state index < -0.39 is 0 Å². The molecule has 0 saturated heterocycles. The Kier molecular flexibility index (Phi) is 5.85. The van der Waals surface area contributed by atoms with E-state index in [1.807, 2.05) is 26.8 Å². The Hall–Kier alpha value is -1.36. The maximum atomic E-state index is 12.0. The smallest absolute Gasteiger partial charge is 0.269 e. The normalized spacial score (nSPS) is 12.4. The SMILES string of the molecule is CCc1cc(C(=O)NCCC(N)CC)n(CC)n1. The van der Waals surface area contributed by atoms with Crippen LogP contribution in [0.25, 0.3) is 0 Å². The molecule has 1 aromatic rings. The van der Waals surface area contributed by atoms with Gasteiger partial charge in [-0.15, -0.1) is 0 Å². The van der Waals surface area contributed by atoms with Gasteiger partial charge < -0.3 is 11.1 Å². The summed E-state index contributed by atoms with van der Waals surface area (Å²) in [4.78, 5) is 12.0. The number of nitrogens with one attached hydrogen (secondary N) is 1. The van der Waals surface area contributed by atoms with E-state index in [4.69, 9.17) is 5.73 Å². The molecule has 5 nitrogen and oxygen atoms in total. The van der Waals surface area contributed by atoms with E-state index in [1.165, 1.54) is 0 Å². The Morgan fingerprint density at radius 1 is 1.50 bits per heavy atom. The Morgan fingerprint density at radius 2 is 2.22 bits per heavy atom. The second kappa shape index (κ2) is 7.16. The minimum absolute atomic E-state index is 0.0626. The summed E-state index contributed by atoms with van der Waals surface area (Å²) in [5, 5.41) is 7.26. The van der Waals surface area contributed by atoms with Gasteiger partial charge in [0.1, 0.15) is 5.69 Å². The third kappa shape index (κ3) is 3.84. The number of aromatic nitrogens is 2. The first-order valence-electron chi connectivity index (χ1n) is 6.72. The lowest BCUT2D eigenvalue weighted by Gasteiger charge is -2.10. The van der Waals surface area contributed by atoms with Crippen LogP contribution in [-0.2, 0) is 13.0 Å². The summed E-state index contributed by atoms with van der Waals surface area (Å²) in [6, 6.07) is 2.02. The molecule has 1 atom stereocenters. The fourth-order valence-corrected chi connectivity index (χ4v) is 1.73. The number of carbonyl (C=O) groups excluding carboxylic acids is 1. The zero-order chi connectivity index (χ0) is 13.5. The van der Waals surface area contributed by atoms with Crippen molar-refractivity contribution in [3.8, 4) is 0 Å². The second-order valence-electron chi connectivity index (χ2n) is 4.40. The topological polar surface area (TPSA) is 72.9 Å². The molecule has 0 radical (unpaired) electrons. The number of hydrogen-bond donors (Lipinski definition) is 2. The van der Waals surface area contributed by atoms with E-state index in [1.54, 1.807) is 4.68 Å². The van der Waals surface area contributed by atoms with Crippen LogP contribution in [0.2, 0.25) is 0 Å². The zero-order valence-corrected chi connectivity index (χ0v) is 11.6. The summed E-state index contributed by atoms with van der Waals surface area (Å²) >= 11 is 0. The molecule has 1 aromatic heterocycles. The maximum Gasteiger partial charge on any atom is 0.269 e. The maximum absolute atomic E-state index is 12.0. The van der Waals surface area contributed by atoms with Crippen molar-refractivity contribution in [3.63, 3.8) is 0 Å². The highest BCUT2D eigenvalue weighted by Crippen LogP contribution is 2.05. The van der Waals surface area contributed by atoms with Crippen LogP contribution < -0.4 is 11.1 Å². The van der Waals surface area contributed by atoms with E-state index in [0.29, 0.717) is 18.8 Å². The van der Waals surface area contributed by atoms with Crippen LogP contribution >= 0.6 is 0 Å². The van der Waals surface area contributed by atoms with Crippen LogP contribution in [0.3, 0.4) is 0 Å². The molecule has 3 N–H and O–H groups in total. The molecule has 1 unspecified atom stereocenters. The number of aryl methyl sites for hydroxylation is 2. The standard InChI is InChI=1S/C13H24N4O/c1-4-10(14)7-8-15-13(18)12-9-11(5-2)16-17(12)6-3/h9-10H,4-8,14H2,1-3H3,(H,15,18). The van der Waals surface area contributed by atoms with Gasteiger partial charge in [-0.25, -0.2) is 0 Å². The van der Waals surface area contributed by atoms with Crippen molar-refractivity contribution in [2.75, 3.05) is 6.54 Å². The number of nitrogens with zero attached hydrogens (tertiary/aromatic N) is 2. The number of nitrogens with two attached hydrogens (primary N) is 1. The van der Waals surface area contributed by atoms with Crippen molar-refractivity contribution in [2.24, 2.45) is 5.73 Å². The number of amides is 1. The first-order valence-corrected chi connectivity index (χ1v) is 6.72. The Labute approximate surface area is 109 Å². The Bertz CT molecular complexity index is 386. The molecule has 0 saturated carbocycles. The minimum Gasteiger partial charge on any atom is -0.351 e. The molecule has 0 aliphatic carbocycles. The monoisotopic (exact) mass is 252 g/mol. The van der Waals surface area contributed by atoms with Gasteiger partial charge in [-0.2, -0.15) is 5.10 Å². The highest BCUT2D eigenvalue weighted by Gasteiger charge is 2.13. The molecule has 0 spiro atoms. The van der Waals surface area contributed by atoms with Gasteiger partial charge in [-0.3, -0.25) is 9.48 Å². The molecule has 102 valence electrons. The van der Waals surface area contributed by atoms with Crippen molar-refractivity contribution in [2.45, 2.75) is 52.6 Å². The Morgan fingerprint density at radius 3 is 2.78 bits per heavy atom. The molecule has 1 rings (SSSR count). The first kappa shape index (κ1) is 14.7. The van der Waals surface area contributed by atoms with E-state index >= 15 is 0 Å². The summed E-state index contributed by atoms with van der Waals surface area (Å²) in [7, 11) is 0. The van der Waals surface area contributed by atoms with E-state index in [9.17, 15) is 4.79 Å². The summed E-state index contributed by atoms with van der Waals surface area (Å²) in [6.07, 6.45) is 2.58.